The standard InChI is InChI=1S/C25H31ClN4O2S/c1-31-32-33-30-13-7-18(8-14-30)24-21-6-5-20(26)17-22(21)23(29-12-3-9-27-11-15-29)16-19-4-2-10-28-25(19)24/h2,4-6,10,16-18,24,27H,3,7-9,11-15H2,1H3. The van der Waals surface area contributed by atoms with Crippen LogP contribution >= 0.6 is 23.8 Å². The predicted molar refractivity (Wildman–Crippen MR) is 134 cm³/mol. The van der Waals surface area contributed by atoms with E-state index in [1.807, 2.05) is 12.3 Å². The van der Waals surface area contributed by atoms with Crippen LogP contribution in [0.25, 0.3) is 11.8 Å². The van der Waals surface area contributed by atoms with Gasteiger partial charge in [-0.05, 0) is 67.1 Å². The SMILES string of the molecule is COOSN1CCC(C2c3ccc(Cl)cc3C(N3CCCNCC3)=Cc3cccnc32)CC1. The lowest BCUT2D eigenvalue weighted by Gasteiger charge is -2.35. The molecular weight excluding hydrogens is 456 g/mol. The van der Waals surface area contributed by atoms with E-state index in [0.717, 1.165) is 63.6 Å². The fourth-order valence-corrected chi connectivity index (χ4v) is 6.07. The Morgan fingerprint density at radius 1 is 1.12 bits per heavy atom. The Hall–Kier alpha value is -1.61. The molecule has 2 aliphatic heterocycles. The van der Waals surface area contributed by atoms with Crippen LogP contribution in [0.1, 0.15) is 47.6 Å². The summed E-state index contributed by atoms with van der Waals surface area (Å²) in [6.45, 7) is 6.01. The zero-order valence-corrected chi connectivity index (χ0v) is 20.6. The Kier molecular flexibility index (Phi) is 7.55. The molecule has 2 saturated heterocycles. The maximum atomic E-state index is 6.57. The van der Waals surface area contributed by atoms with Crippen LogP contribution in [0.4, 0.5) is 0 Å². The van der Waals surface area contributed by atoms with Crippen LogP contribution in [0, 0.1) is 5.92 Å². The molecule has 33 heavy (non-hydrogen) atoms. The average molecular weight is 487 g/mol. The van der Waals surface area contributed by atoms with Crippen molar-refractivity contribution in [2.24, 2.45) is 5.92 Å². The van der Waals surface area contributed by atoms with E-state index in [1.54, 1.807) is 7.11 Å². The van der Waals surface area contributed by atoms with Crippen LogP contribution < -0.4 is 5.32 Å². The fraction of sp³-hybridized carbons (Fsp3) is 0.480. The Morgan fingerprint density at radius 3 is 2.85 bits per heavy atom. The molecule has 1 unspecified atom stereocenters. The molecule has 1 aromatic heterocycles. The van der Waals surface area contributed by atoms with Gasteiger partial charge in [0.1, 0.15) is 12.2 Å². The minimum absolute atomic E-state index is 0.239. The van der Waals surface area contributed by atoms with Crippen LogP contribution in [0.15, 0.2) is 36.5 Å². The third-order valence-electron chi connectivity index (χ3n) is 6.94. The van der Waals surface area contributed by atoms with E-state index < -0.39 is 0 Å². The molecule has 6 nitrogen and oxygen atoms in total. The molecule has 5 rings (SSSR count). The number of aromatic nitrogens is 1. The summed E-state index contributed by atoms with van der Waals surface area (Å²) in [4.78, 5) is 12.2. The summed E-state index contributed by atoms with van der Waals surface area (Å²) in [5.41, 5.74) is 6.28. The van der Waals surface area contributed by atoms with Gasteiger partial charge in [-0.1, -0.05) is 23.7 Å². The van der Waals surface area contributed by atoms with Crippen LogP contribution in [0.5, 0.6) is 0 Å². The second-order valence-corrected chi connectivity index (χ2v) is 10.1. The highest BCUT2D eigenvalue weighted by atomic mass is 35.5. The first-order chi connectivity index (χ1) is 16.2. The molecule has 2 aromatic rings. The number of nitrogens with zero attached hydrogens (tertiary/aromatic N) is 3. The summed E-state index contributed by atoms with van der Waals surface area (Å²) in [6, 6.07) is 10.7. The molecular formula is C25H31ClN4O2S. The Labute approximate surface area is 205 Å². The molecule has 176 valence electrons. The van der Waals surface area contributed by atoms with Crippen molar-refractivity contribution in [3.05, 3.63) is 63.9 Å². The number of nitrogens with one attached hydrogen (secondary N) is 1. The predicted octanol–water partition coefficient (Wildman–Crippen LogP) is 4.83. The van der Waals surface area contributed by atoms with Crippen molar-refractivity contribution < 1.29 is 9.22 Å². The molecule has 0 amide bonds. The third-order valence-corrected chi connectivity index (χ3v) is 7.95. The zero-order valence-electron chi connectivity index (χ0n) is 19.0. The minimum Gasteiger partial charge on any atom is -0.370 e. The van der Waals surface area contributed by atoms with Gasteiger partial charge < -0.3 is 10.2 Å². The number of piperidine rings is 1. The van der Waals surface area contributed by atoms with E-state index in [9.17, 15) is 0 Å². The summed E-state index contributed by atoms with van der Waals surface area (Å²) < 4.78 is 7.32. The van der Waals surface area contributed by atoms with Gasteiger partial charge in [0.2, 0.25) is 0 Å². The van der Waals surface area contributed by atoms with Gasteiger partial charge in [0.15, 0.2) is 0 Å². The monoisotopic (exact) mass is 486 g/mol. The summed E-state index contributed by atoms with van der Waals surface area (Å²) in [6.07, 6.45) is 7.57. The second-order valence-electron chi connectivity index (χ2n) is 8.88. The van der Waals surface area contributed by atoms with Crippen molar-refractivity contribution in [3.8, 4) is 0 Å². The highest BCUT2D eigenvalue weighted by Crippen LogP contribution is 2.46. The van der Waals surface area contributed by atoms with E-state index in [0.29, 0.717) is 5.92 Å². The number of hydrogen-bond donors (Lipinski definition) is 1. The van der Waals surface area contributed by atoms with Crippen molar-refractivity contribution in [1.82, 2.24) is 19.5 Å². The average Bonchev–Trinajstić information content (AvgIpc) is 3.19. The fourth-order valence-electron chi connectivity index (χ4n) is 5.39. The molecule has 0 bridgehead atoms. The zero-order chi connectivity index (χ0) is 22.6. The van der Waals surface area contributed by atoms with Gasteiger partial charge in [0, 0.05) is 61.1 Å². The summed E-state index contributed by atoms with van der Waals surface area (Å²) >= 11 is 7.87. The maximum absolute atomic E-state index is 6.57. The lowest BCUT2D eigenvalue weighted by molar-refractivity contribution is -0.163. The van der Waals surface area contributed by atoms with Gasteiger partial charge in [0.05, 0.1) is 12.8 Å². The number of pyridine rings is 1. The Balaban J connectivity index is 1.54. The normalized spacial score (nSPS) is 22.2. The molecule has 0 radical (unpaired) electrons. The largest absolute Gasteiger partial charge is 0.370 e. The Bertz CT molecular complexity index is 988. The minimum atomic E-state index is 0.239. The first kappa shape index (κ1) is 23.1. The second kappa shape index (κ2) is 10.8. The van der Waals surface area contributed by atoms with Crippen LogP contribution in [-0.4, -0.2) is 60.6 Å². The molecule has 1 atom stereocenters. The van der Waals surface area contributed by atoms with Crippen LogP contribution in [-0.2, 0) is 9.22 Å². The molecule has 2 fully saturated rings. The molecule has 0 spiro atoms. The van der Waals surface area contributed by atoms with Gasteiger partial charge in [-0.3, -0.25) is 4.98 Å². The topological polar surface area (TPSA) is 49.9 Å². The van der Waals surface area contributed by atoms with E-state index in [1.165, 1.54) is 40.3 Å². The van der Waals surface area contributed by atoms with Crippen LogP contribution in [0.3, 0.4) is 0 Å². The van der Waals surface area contributed by atoms with Gasteiger partial charge in [-0.25, -0.2) is 9.19 Å². The summed E-state index contributed by atoms with van der Waals surface area (Å²) in [5, 5.41) is 4.32. The van der Waals surface area contributed by atoms with Gasteiger partial charge in [-0.2, -0.15) is 0 Å². The lowest BCUT2D eigenvalue weighted by atomic mass is 9.76. The maximum Gasteiger partial charge on any atom is 0.121 e. The number of fused-ring (bicyclic) bond motifs is 2. The quantitative estimate of drug-likeness (QED) is 0.281. The van der Waals surface area contributed by atoms with Gasteiger partial charge in [-0.15, -0.1) is 4.33 Å². The lowest BCUT2D eigenvalue weighted by Crippen LogP contribution is -2.32. The molecule has 8 heteroatoms. The molecule has 0 saturated carbocycles. The van der Waals surface area contributed by atoms with E-state index >= 15 is 0 Å². The molecule has 1 N–H and O–H groups in total. The number of halogens is 1. The molecule has 1 aromatic carbocycles. The first-order valence-electron chi connectivity index (χ1n) is 11.8. The smallest absolute Gasteiger partial charge is 0.121 e. The van der Waals surface area contributed by atoms with Gasteiger partial charge >= 0.3 is 0 Å². The first-order valence-corrected chi connectivity index (χ1v) is 12.9. The Morgan fingerprint density at radius 2 is 2.00 bits per heavy atom. The number of hydrogen-bond acceptors (Lipinski definition) is 7. The molecule has 3 heterocycles. The van der Waals surface area contributed by atoms with E-state index in [-0.39, 0.29) is 5.92 Å². The number of benzene rings is 1. The highest BCUT2D eigenvalue weighted by Gasteiger charge is 2.35. The van der Waals surface area contributed by atoms with Crippen LogP contribution in [0.2, 0.25) is 5.02 Å². The van der Waals surface area contributed by atoms with Crippen molar-refractivity contribution in [2.75, 3.05) is 46.4 Å². The van der Waals surface area contributed by atoms with Crippen molar-refractivity contribution in [1.29, 1.82) is 0 Å². The number of rotatable bonds is 5. The van der Waals surface area contributed by atoms with E-state index in [2.05, 4.69) is 44.9 Å². The van der Waals surface area contributed by atoms with Gasteiger partial charge in [0.25, 0.3) is 0 Å². The third kappa shape index (κ3) is 5.09. The highest BCUT2D eigenvalue weighted by molar-refractivity contribution is 7.92. The summed E-state index contributed by atoms with van der Waals surface area (Å²) in [7, 11) is 1.54. The molecule has 3 aliphatic rings. The molecule has 1 aliphatic carbocycles. The van der Waals surface area contributed by atoms with E-state index in [4.69, 9.17) is 25.8 Å². The van der Waals surface area contributed by atoms with Crippen molar-refractivity contribution >= 4 is 35.6 Å². The van der Waals surface area contributed by atoms with Crippen molar-refractivity contribution in [3.63, 3.8) is 0 Å². The van der Waals surface area contributed by atoms with Crippen molar-refractivity contribution in [2.45, 2.75) is 25.2 Å². The summed E-state index contributed by atoms with van der Waals surface area (Å²) in [5.74, 6) is 0.735.